The highest BCUT2D eigenvalue weighted by molar-refractivity contribution is 5.66. The maximum Gasteiger partial charge on any atom is 0.303 e. The second kappa shape index (κ2) is 18.2. The van der Waals surface area contributed by atoms with Gasteiger partial charge in [0.05, 0.1) is 6.10 Å². The highest BCUT2D eigenvalue weighted by Gasteiger charge is 1.95. The maximum atomic E-state index is 10.3. The molecule has 3 heteroatoms. The fraction of sp³-hybridized carbons (Fsp3) is 0.409. The molecule has 0 amide bonds. The maximum absolute atomic E-state index is 10.3. The molecular formula is C22H32O3. The van der Waals surface area contributed by atoms with Crippen LogP contribution >= 0.6 is 0 Å². The lowest BCUT2D eigenvalue weighted by molar-refractivity contribution is -0.136. The molecule has 138 valence electrons. The van der Waals surface area contributed by atoms with Gasteiger partial charge in [-0.1, -0.05) is 79.8 Å². The molecule has 0 saturated heterocycles. The van der Waals surface area contributed by atoms with E-state index in [1.165, 1.54) is 0 Å². The van der Waals surface area contributed by atoms with Crippen LogP contribution < -0.4 is 0 Å². The topological polar surface area (TPSA) is 57.5 Å². The molecule has 2 N–H and O–H groups in total. The van der Waals surface area contributed by atoms with E-state index >= 15 is 0 Å². The number of carboxylic acid groups (broad SMARTS) is 1. The summed E-state index contributed by atoms with van der Waals surface area (Å²) in [5, 5.41) is 18.2. The smallest absolute Gasteiger partial charge is 0.303 e. The molecule has 0 aromatic heterocycles. The van der Waals surface area contributed by atoms with E-state index < -0.39 is 12.1 Å². The Morgan fingerprint density at radius 3 is 2.04 bits per heavy atom. The van der Waals surface area contributed by atoms with Gasteiger partial charge in [0.1, 0.15) is 0 Å². The molecule has 0 saturated carbocycles. The van der Waals surface area contributed by atoms with E-state index in [9.17, 15) is 9.90 Å². The Morgan fingerprint density at radius 1 is 0.840 bits per heavy atom. The van der Waals surface area contributed by atoms with E-state index in [0.29, 0.717) is 12.8 Å². The molecule has 0 aliphatic heterocycles. The summed E-state index contributed by atoms with van der Waals surface area (Å²) in [6.07, 6.45) is 28.6. The van der Waals surface area contributed by atoms with Gasteiger partial charge in [0.2, 0.25) is 0 Å². The van der Waals surface area contributed by atoms with Crippen molar-refractivity contribution in [1.29, 1.82) is 0 Å². The van der Waals surface area contributed by atoms with Crippen molar-refractivity contribution in [1.82, 2.24) is 0 Å². The van der Waals surface area contributed by atoms with Crippen molar-refractivity contribution < 1.29 is 15.0 Å². The molecule has 3 nitrogen and oxygen atoms in total. The lowest BCUT2D eigenvalue weighted by Crippen LogP contribution is -1.99. The van der Waals surface area contributed by atoms with Crippen molar-refractivity contribution in [3.8, 4) is 0 Å². The molecule has 0 fully saturated rings. The van der Waals surface area contributed by atoms with Crippen LogP contribution in [-0.2, 0) is 4.79 Å². The van der Waals surface area contributed by atoms with Crippen LogP contribution in [0.25, 0.3) is 0 Å². The Labute approximate surface area is 152 Å². The summed E-state index contributed by atoms with van der Waals surface area (Å²) in [5.41, 5.74) is 0. The Morgan fingerprint density at radius 2 is 1.44 bits per heavy atom. The summed E-state index contributed by atoms with van der Waals surface area (Å²) in [6.45, 7) is 2.13. The quantitative estimate of drug-likeness (QED) is 0.322. The van der Waals surface area contributed by atoms with Crippen LogP contribution in [0.3, 0.4) is 0 Å². The van der Waals surface area contributed by atoms with E-state index in [4.69, 9.17) is 5.11 Å². The van der Waals surface area contributed by atoms with E-state index in [-0.39, 0.29) is 6.42 Å². The molecule has 0 rings (SSSR count). The second-order valence-corrected chi connectivity index (χ2v) is 5.55. The fourth-order valence-corrected chi connectivity index (χ4v) is 1.87. The van der Waals surface area contributed by atoms with Gasteiger partial charge in [0.15, 0.2) is 0 Å². The average Bonchev–Trinajstić information content (AvgIpc) is 2.58. The average molecular weight is 344 g/mol. The van der Waals surface area contributed by atoms with Gasteiger partial charge in [-0.2, -0.15) is 0 Å². The van der Waals surface area contributed by atoms with Gasteiger partial charge >= 0.3 is 5.97 Å². The van der Waals surface area contributed by atoms with Crippen molar-refractivity contribution in [3.05, 3.63) is 72.9 Å². The van der Waals surface area contributed by atoms with Crippen LogP contribution in [0.4, 0.5) is 0 Å². The van der Waals surface area contributed by atoms with Crippen molar-refractivity contribution >= 4 is 5.97 Å². The number of hydrogen-bond acceptors (Lipinski definition) is 2. The van der Waals surface area contributed by atoms with E-state index in [0.717, 1.165) is 25.7 Å². The molecular weight excluding hydrogens is 312 g/mol. The Bertz CT molecular complexity index is 493. The predicted octanol–water partition coefficient (Wildman–Crippen LogP) is 5.52. The first-order chi connectivity index (χ1) is 12.2. The number of allylic oxidation sites excluding steroid dienone is 10. The summed E-state index contributed by atoms with van der Waals surface area (Å²) in [6, 6.07) is 0. The van der Waals surface area contributed by atoms with Crippen molar-refractivity contribution in [2.24, 2.45) is 0 Å². The first-order valence-corrected chi connectivity index (χ1v) is 9.00. The van der Waals surface area contributed by atoms with E-state index in [2.05, 4.69) is 43.4 Å². The van der Waals surface area contributed by atoms with Crippen molar-refractivity contribution in [2.45, 2.75) is 58.0 Å². The Balaban J connectivity index is 3.71. The number of rotatable bonds is 14. The van der Waals surface area contributed by atoms with Gasteiger partial charge in [-0.05, 0) is 38.5 Å². The monoisotopic (exact) mass is 344 g/mol. The zero-order chi connectivity index (χ0) is 18.6. The van der Waals surface area contributed by atoms with Crippen LogP contribution in [-0.4, -0.2) is 22.3 Å². The first kappa shape index (κ1) is 22.9. The minimum Gasteiger partial charge on any atom is -0.481 e. The third-order valence-electron chi connectivity index (χ3n) is 3.20. The van der Waals surface area contributed by atoms with Crippen LogP contribution in [0.5, 0.6) is 0 Å². The standard InChI is InChI=1S/C22H32O3/c1-2-3-4-5-6-7-8-9-10-11-12-13-15-18-21(23)19-16-14-17-20-22(24)25/h3-4,6-7,9-10,12-16,18,21,23H,2,5,8,11,17,19-20H2,1H3,(H,24,25)/b4-3+,7-6+,10-9+,13-12+,16-14+,18-15+/t21-/m0/s1. The van der Waals surface area contributed by atoms with Gasteiger partial charge < -0.3 is 10.2 Å². The van der Waals surface area contributed by atoms with Gasteiger partial charge in [-0.3, -0.25) is 4.79 Å². The summed E-state index contributed by atoms with van der Waals surface area (Å²) in [4.78, 5) is 10.3. The van der Waals surface area contributed by atoms with E-state index in [1.54, 1.807) is 12.2 Å². The summed E-state index contributed by atoms with van der Waals surface area (Å²) in [7, 11) is 0. The fourth-order valence-electron chi connectivity index (χ4n) is 1.87. The third-order valence-corrected chi connectivity index (χ3v) is 3.20. The minimum absolute atomic E-state index is 0.129. The zero-order valence-corrected chi connectivity index (χ0v) is 15.3. The van der Waals surface area contributed by atoms with Gasteiger partial charge in [0.25, 0.3) is 0 Å². The lowest BCUT2D eigenvalue weighted by Gasteiger charge is -1.98. The summed E-state index contributed by atoms with van der Waals surface area (Å²) >= 11 is 0. The van der Waals surface area contributed by atoms with Crippen LogP contribution in [0, 0.1) is 0 Å². The van der Waals surface area contributed by atoms with E-state index in [1.807, 2.05) is 24.3 Å². The first-order valence-electron chi connectivity index (χ1n) is 9.00. The zero-order valence-electron chi connectivity index (χ0n) is 15.3. The summed E-state index contributed by atoms with van der Waals surface area (Å²) < 4.78 is 0. The number of aliphatic carboxylic acids is 1. The van der Waals surface area contributed by atoms with Gasteiger partial charge in [-0.15, -0.1) is 0 Å². The molecule has 0 aromatic carbocycles. The molecule has 0 aliphatic rings. The molecule has 0 heterocycles. The SMILES string of the molecule is CC/C=C/C/C=C/C/C=C/C/C=C/C=C/[C@H](O)C/C=C/CCC(=O)O. The van der Waals surface area contributed by atoms with Crippen LogP contribution in [0.1, 0.15) is 51.9 Å². The molecule has 1 atom stereocenters. The largest absolute Gasteiger partial charge is 0.481 e. The molecule has 0 unspecified atom stereocenters. The van der Waals surface area contributed by atoms with Crippen LogP contribution in [0.2, 0.25) is 0 Å². The normalized spacial score (nSPS) is 14.3. The number of aliphatic hydroxyl groups is 1. The Kier molecular flexibility index (Phi) is 16.7. The number of hydrogen-bond donors (Lipinski definition) is 2. The van der Waals surface area contributed by atoms with Crippen LogP contribution in [0.15, 0.2) is 72.9 Å². The lowest BCUT2D eigenvalue weighted by atomic mass is 10.2. The molecule has 0 bridgehead atoms. The molecule has 25 heavy (non-hydrogen) atoms. The third kappa shape index (κ3) is 19.8. The molecule has 0 aliphatic carbocycles. The molecule has 0 spiro atoms. The molecule has 0 radical (unpaired) electrons. The highest BCUT2D eigenvalue weighted by Crippen LogP contribution is 1.99. The van der Waals surface area contributed by atoms with Crippen molar-refractivity contribution in [2.75, 3.05) is 0 Å². The summed E-state index contributed by atoms with van der Waals surface area (Å²) in [5.74, 6) is -0.801. The van der Waals surface area contributed by atoms with Gasteiger partial charge in [0, 0.05) is 6.42 Å². The van der Waals surface area contributed by atoms with Gasteiger partial charge in [-0.25, -0.2) is 0 Å². The number of carbonyl (C=O) groups is 1. The molecule has 0 aromatic rings. The minimum atomic E-state index is -0.801. The second-order valence-electron chi connectivity index (χ2n) is 5.55. The highest BCUT2D eigenvalue weighted by atomic mass is 16.4. The Hall–Kier alpha value is -2.13. The number of carboxylic acids is 1. The van der Waals surface area contributed by atoms with Crippen molar-refractivity contribution in [3.63, 3.8) is 0 Å². The predicted molar refractivity (Wildman–Crippen MR) is 106 cm³/mol. The number of aliphatic hydroxyl groups excluding tert-OH is 1.